The van der Waals surface area contributed by atoms with Gasteiger partial charge < -0.3 is 25.2 Å². The summed E-state index contributed by atoms with van der Waals surface area (Å²) in [7, 11) is -4.74. The van der Waals surface area contributed by atoms with Crippen LogP contribution in [0.4, 0.5) is 0 Å². The van der Waals surface area contributed by atoms with Crippen molar-refractivity contribution in [3.63, 3.8) is 0 Å². The molecule has 54 heavy (non-hydrogen) atoms. The molecule has 0 aliphatic rings. The van der Waals surface area contributed by atoms with Crippen molar-refractivity contribution in [2.24, 2.45) is 5.73 Å². The normalized spacial score (nSPS) is 15.2. The molecule has 0 aromatic heterocycles. The van der Waals surface area contributed by atoms with Crippen LogP contribution in [0.3, 0.4) is 0 Å². The summed E-state index contributed by atoms with van der Waals surface area (Å²) in [6.07, 6.45) is 47.0. The number of ether oxygens (including phenoxy) is 2. The van der Waals surface area contributed by atoms with Gasteiger partial charge in [0, 0.05) is 12.8 Å². The lowest BCUT2D eigenvalue weighted by Gasteiger charge is -2.20. The Morgan fingerprint density at radius 2 is 0.981 bits per heavy atom. The molecule has 3 atom stereocenters. The molecule has 0 amide bonds. The Labute approximate surface area is 322 Å². The van der Waals surface area contributed by atoms with Crippen molar-refractivity contribution >= 4 is 25.7 Å². The summed E-state index contributed by atoms with van der Waals surface area (Å²) in [6.45, 7) is 2.37. The number of allylic oxidation sites excluding steroid dienone is 20. The van der Waals surface area contributed by atoms with Gasteiger partial charge in [-0.3, -0.25) is 23.4 Å². The van der Waals surface area contributed by atoms with Crippen molar-refractivity contribution in [1.29, 1.82) is 0 Å². The van der Waals surface area contributed by atoms with Crippen molar-refractivity contribution in [2.75, 3.05) is 19.8 Å². The van der Waals surface area contributed by atoms with Crippen molar-refractivity contribution in [2.45, 2.75) is 103 Å². The topological polar surface area (TPSA) is 172 Å². The van der Waals surface area contributed by atoms with Crippen LogP contribution < -0.4 is 5.73 Å². The molecule has 300 valence electrons. The van der Waals surface area contributed by atoms with Gasteiger partial charge in [-0.1, -0.05) is 148 Å². The standard InChI is InChI=1S/C42H62NO10P/c1-3-5-7-9-11-13-15-17-18-19-20-22-23-25-27-29-31-33-40(44)50-35-38(36-51-54(48,49)52-37-39(43)42(46)47)53-41(45)34-32-30-28-26-24-21-16-14-12-10-8-6-4-2/h5-24,38-39H,3-4,25-37,43H2,1-2H3,(H,46,47)(H,48,49)/b7-5+,8-6+,11-9+,12-10+,15-13+,16-14+,18-17+,20-19+,23-22+,24-21+/t38?,39-/m0/s1. The molecule has 11 nitrogen and oxygen atoms in total. The van der Waals surface area contributed by atoms with E-state index in [4.69, 9.17) is 24.8 Å². The molecule has 4 N–H and O–H groups in total. The van der Waals surface area contributed by atoms with E-state index < -0.39 is 57.7 Å². The van der Waals surface area contributed by atoms with E-state index in [1.807, 2.05) is 103 Å². The van der Waals surface area contributed by atoms with Crippen LogP contribution in [0.2, 0.25) is 0 Å². The number of unbranched alkanes of at least 4 members (excludes halogenated alkanes) is 6. The average molecular weight is 772 g/mol. The van der Waals surface area contributed by atoms with Gasteiger partial charge in [0.1, 0.15) is 12.6 Å². The van der Waals surface area contributed by atoms with Gasteiger partial charge in [0.25, 0.3) is 0 Å². The van der Waals surface area contributed by atoms with Gasteiger partial charge in [-0.25, -0.2) is 4.57 Å². The van der Waals surface area contributed by atoms with Crippen LogP contribution in [0.25, 0.3) is 0 Å². The third-order valence-electron chi connectivity index (χ3n) is 6.96. The Bertz CT molecular complexity index is 1370. The fourth-order valence-corrected chi connectivity index (χ4v) is 4.82. The summed E-state index contributed by atoms with van der Waals surface area (Å²) in [5.74, 6) is -2.51. The first-order valence-electron chi connectivity index (χ1n) is 18.7. The highest BCUT2D eigenvalue weighted by Crippen LogP contribution is 2.43. The molecule has 0 heterocycles. The minimum absolute atomic E-state index is 0.0956. The predicted octanol–water partition coefficient (Wildman–Crippen LogP) is 9.27. The van der Waals surface area contributed by atoms with Crippen LogP contribution in [0.5, 0.6) is 0 Å². The zero-order chi connectivity index (χ0) is 40.0. The van der Waals surface area contributed by atoms with Crippen LogP contribution >= 0.6 is 7.82 Å². The third kappa shape index (κ3) is 34.9. The highest BCUT2D eigenvalue weighted by molar-refractivity contribution is 7.47. The number of nitrogens with two attached hydrogens (primary N) is 1. The molecule has 0 saturated heterocycles. The quantitative estimate of drug-likeness (QED) is 0.0258. The van der Waals surface area contributed by atoms with Gasteiger partial charge in [-0.2, -0.15) is 0 Å². The molecular formula is C42H62NO10P. The van der Waals surface area contributed by atoms with E-state index in [0.717, 1.165) is 51.4 Å². The Morgan fingerprint density at radius 3 is 1.43 bits per heavy atom. The van der Waals surface area contributed by atoms with Crippen molar-refractivity contribution in [3.8, 4) is 0 Å². The molecule has 0 aromatic carbocycles. The maximum Gasteiger partial charge on any atom is 0.472 e. The summed E-state index contributed by atoms with van der Waals surface area (Å²) in [4.78, 5) is 45.7. The van der Waals surface area contributed by atoms with Gasteiger partial charge in [-0.15, -0.1) is 0 Å². The summed E-state index contributed by atoms with van der Waals surface area (Å²) < 4.78 is 32.5. The smallest absolute Gasteiger partial charge is 0.472 e. The molecule has 2 unspecified atom stereocenters. The number of phosphoric ester groups is 1. The highest BCUT2D eigenvalue weighted by Gasteiger charge is 2.28. The van der Waals surface area contributed by atoms with Crippen molar-refractivity contribution in [3.05, 3.63) is 122 Å². The summed E-state index contributed by atoms with van der Waals surface area (Å²) in [6, 6.07) is -1.54. The molecule has 0 aromatic rings. The number of carbonyl (C=O) groups is 3. The van der Waals surface area contributed by atoms with E-state index in [1.54, 1.807) is 0 Å². The Hall–Kier alpha value is -4.12. The SMILES string of the molecule is CC/C=C/C=C/C=C/C=C/C=C/C=C/CCCCCC(=O)OCC(COP(=O)(O)OC[C@H](N)C(=O)O)OC(=O)CCCCC/C=C/C=C/C=C/C=C/CC. The molecule has 0 aliphatic heterocycles. The predicted molar refractivity (Wildman–Crippen MR) is 216 cm³/mol. The molecule has 0 aliphatic carbocycles. The fourth-order valence-electron chi connectivity index (χ4n) is 4.04. The van der Waals surface area contributed by atoms with Crippen LogP contribution in [0, 0.1) is 0 Å². The molecule has 0 rings (SSSR count). The number of hydrogen-bond donors (Lipinski definition) is 3. The average Bonchev–Trinajstić information content (AvgIpc) is 3.14. The molecule has 0 spiro atoms. The minimum atomic E-state index is -4.74. The van der Waals surface area contributed by atoms with E-state index in [9.17, 15) is 23.8 Å². The number of esters is 2. The van der Waals surface area contributed by atoms with Crippen LogP contribution in [-0.2, 0) is 37.5 Å². The van der Waals surface area contributed by atoms with Gasteiger partial charge in [0.2, 0.25) is 0 Å². The number of carbonyl (C=O) groups excluding carboxylic acids is 2. The molecule has 12 heteroatoms. The molecule has 0 saturated carbocycles. The van der Waals surface area contributed by atoms with Crippen LogP contribution in [0.15, 0.2) is 122 Å². The Kier molecular flexibility index (Phi) is 33.1. The van der Waals surface area contributed by atoms with Gasteiger partial charge in [-0.05, 0) is 51.4 Å². The Balaban J connectivity index is 4.64. The number of hydrogen-bond acceptors (Lipinski definition) is 9. The van der Waals surface area contributed by atoms with Crippen LogP contribution in [-0.4, -0.2) is 59.9 Å². The number of rotatable bonds is 32. The summed E-state index contributed by atoms with van der Waals surface area (Å²) >= 11 is 0. The fraction of sp³-hybridized carbons (Fsp3) is 0.452. The number of carboxylic acids is 1. The second-order valence-corrected chi connectivity index (χ2v) is 13.3. The number of aliphatic carboxylic acids is 1. The number of phosphoric acid groups is 1. The maximum absolute atomic E-state index is 12.5. The van der Waals surface area contributed by atoms with E-state index in [0.29, 0.717) is 12.8 Å². The van der Waals surface area contributed by atoms with Crippen molar-refractivity contribution in [1.82, 2.24) is 0 Å². The van der Waals surface area contributed by atoms with Crippen LogP contribution in [0.1, 0.15) is 90.9 Å². The van der Waals surface area contributed by atoms with E-state index in [2.05, 4.69) is 36.6 Å². The van der Waals surface area contributed by atoms with Gasteiger partial charge in [0.05, 0.1) is 13.2 Å². The van der Waals surface area contributed by atoms with Gasteiger partial charge in [0.15, 0.2) is 6.10 Å². The largest absolute Gasteiger partial charge is 0.480 e. The molecule has 0 fully saturated rings. The Morgan fingerprint density at radius 1 is 0.574 bits per heavy atom. The first-order chi connectivity index (χ1) is 26.1. The second-order valence-electron chi connectivity index (χ2n) is 11.8. The molecule has 0 radical (unpaired) electrons. The second kappa shape index (κ2) is 35.9. The lowest BCUT2D eigenvalue weighted by molar-refractivity contribution is -0.161. The summed E-state index contributed by atoms with van der Waals surface area (Å²) in [5.41, 5.74) is 5.31. The monoisotopic (exact) mass is 771 g/mol. The van der Waals surface area contributed by atoms with E-state index in [-0.39, 0.29) is 12.8 Å². The third-order valence-corrected chi connectivity index (χ3v) is 7.91. The zero-order valence-electron chi connectivity index (χ0n) is 32.0. The highest BCUT2D eigenvalue weighted by atomic mass is 31.2. The lowest BCUT2D eigenvalue weighted by atomic mass is 10.1. The maximum atomic E-state index is 12.5. The van der Waals surface area contributed by atoms with E-state index in [1.165, 1.54) is 0 Å². The summed E-state index contributed by atoms with van der Waals surface area (Å²) in [5, 5.41) is 8.86. The molecular weight excluding hydrogens is 709 g/mol. The first kappa shape index (κ1) is 49.9. The van der Waals surface area contributed by atoms with Gasteiger partial charge >= 0.3 is 25.7 Å². The lowest BCUT2D eigenvalue weighted by Crippen LogP contribution is -2.34. The first-order valence-corrected chi connectivity index (χ1v) is 20.2. The molecule has 0 bridgehead atoms. The van der Waals surface area contributed by atoms with E-state index >= 15 is 0 Å². The zero-order valence-corrected chi connectivity index (χ0v) is 32.9. The van der Waals surface area contributed by atoms with Crippen molar-refractivity contribution < 1.29 is 47.5 Å². The number of carboxylic acid groups (broad SMARTS) is 1. The minimum Gasteiger partial charge on any atom is -0.480 e.